The molecule has 0 amide bonds. The Kier molecular flexibility index (Phi) is 11.0. The molecule has 2 aromatic carbocycles. The minimum absolute atomic E-state index is 0.0754. The Bertz CT molecular complexity index is 1300. The molecule has 2 heterocycles. The van der Waals surface area contributed by atoms with Gasteiger partial charge in [-0.15, -0.1) is 0 Å². The number of carbonyl (C=O) groups is 1. The molecule has 2 aromatic rings. The second-order valence-corrected chi connectivity index (χ2v) is 10.5. The molecule has 242 valence electrons. The summed E-state index contributed by atoms with van der Waals surface area (Å²) in [6.45, 7) is 0.804. The summed E-state index contributed by atoms with van der Waals surface area (Å²) < 4.78 is 27.7. The van der Waals surface area contributed by atoms with Gasteiger partial charge in [0, 0.05) is 6.08 Å². The zero-order valence-corrected chi connectivity index (χ0v) is 23.5. The van der Waals surface area contributed by atoms with Crippen molar-refractivity contribution in [1.29, 1.82) is 0 Å². The van der Waals surface area contributed by atoms with E-state index in [-0.39, 0.29) is 36.0 Å². The van der Waals surface area contributed by atoms with Gasteiger partial charge in [-0.25, -0.2) is 4.79 Å². The average Bonchev–Trinajstić information content (AvgIpc) is 2.99. The number of aliphatic hydroxyl groups is 5. The number of ether oxygens (including phenoxy) is 5. The highest BCUT2D eigenvalue weighted by Crippen LogP contribution is 2.31. The molecule has 0 saturated carbocycles. The fourth-order valence-electron chi connectivity index (χ4n) is 4.66. The van der Waals surface area contributed by atoms with Crippen LogP contribution < -0.4 is 0 Å². The van der Waals surface area contributed by atoms with Crippen molar-refractivity contribution in [2.24, 2.45) is 0 Å². The summed E-state index contributed by atoms with van der Waals surface area (Å²) in [6, 6.07) is 8.05. The molecule has 4 rings (SSSR count). The van der Waals surface area contributed by atoms with Gasteiger partial charge < -0.3 is 69.6 Å². The molecule has 15 heteroatoms. The van der Waals surface area contributed by atoms with Crippen molar-refractivity contribution in [1.82, 2.24) is 0 Å². The highest BCUT2D eigenvalue weighted by atomic mass is 16.7. The minimum Gasteiger partial charge on any atom is -0.504 e. The quantitative estimate of drug-likeness (QED) is 0.0873. The molecule has 10 atom stereocenters. The summed E-state index contributed by atoms with van der Waals surface area (Å²) >= 11 is 0. The van der Waals surface area contributed by atoms with E-state index >= 15 is 0 Å². The van der Waals surface area contributed by atoms with E-state index in [9.17, 15) is 50.8 Å². The van der Waals surface area contributed by atoms with Crippen molar-refractivity contribution in [3.63, 3.8) is 0 Å². The highest BCUT2D eigenvalue weighted by molar-refractivity contribution is 5.87. The highest BCUT2D eigenvalue weighted by Gasteiger charge is 2.50. The maximum absolute atomic E-state index is 12.4. The Morgan fingerprint density at radius 3 is 2.16 bits per heavy atom. The van der Waals surface area contributed by atoms with Crippen molar-refractivity contribution in [3.8, 4) is 23.0 Å². The first-order valence-corrected chi connectivity index (χ1v) is 13.7. The van der Waals surface area contributed by atoms with Gasteiger partial charge in [-0.3, -0.25) is 0 Å². The molecule has 2 fully saturated rings. The molecule has 2 saturated heterocycles. The zero-order valence-electron chi connectivity index (χ0n) is 23.5. The Balaban J connectivity index is 1.44. The maximum atomic E-state index is 12.4. The van der Waals surface area contributed by atoms with E-state index < -0.39 is 74.0 Å². The first kappa shape index (κ1) is 33.4. The van der Waals surface area contributed by atoms with Crippen LogP contribution in [-0.4, -0.2) is 127 Å². The van der Waals surface area contributed by atoms with Crippen LogP contribution in [-0.2, 0) is 34.9 Å². The van der Waals surface area contributed by atoms with Crippen LogP contribution >= 0.6 is 0 Å². The van der Waals surface area contributed by atoms with Gasteiger partial charge in [-0.1, -0.05) is 12.1 Å². The average molecular weight is 625 g/mol. The van der Waals surface area contributed by atoms with Crippen LogP contribution in [0.25, 0.3) is 6.08 Å². The van der Waals surface area contributed by atoms with Gasteiger partial charge >= 0.3 is 5.97 Å². The number of phenols is 4. The normalized spacial score (nSPS) is 32.5. The van der Waals surface area contributed by atoms with Gasteiger partial charge in [0.1, 0.15) is 49.3 Å². The van der Waals surface area contributed by atoms with Crippen molar-refractivity contribution in [2.45, 2.75) is 74.8 Å². The third-order valence-corrected chi connectivity index (χ3v) is 7.26. The predicted octanol–water partition coefficient (Wildman–Crippen LogP) is -1.02. The summed E-state index contributed by atoms with van der Waals surface area (Å²) in [7, 11) is 0. The monoisotopic (exact) mass is 624 g/mol. The summed E-state index contributed by atoms with van der Waals surface area (Å²) in [6.07, 6.45) is -12.5. The zero-order chi connectivity index (χ0) is 32.1. The molecule has 0 bridgehead atoms. The van der Waals surface area contributed by atoms with Gasteiger partial charge in [0.05, 0.1) is 12.7 Å². The molecule has 0 unspecified atom stereocenters. The van der Waals surface area contributed by atoms with Gasteiger partial charge in [0.15, 0.2) is 35.6 Å². The fourth-order valence-corrected chi connectivity index (χ4v) is 4.66. The first-order valence-electron chi connectivity index (χ1n) is 13.7. The lowest BCUT2D eigenvalue weighted by Gasteiger charge is -2.45. The number of esters is 1. The van der Waals surface area contributed by atoms with Crippen LogP contribution in [0.1, 0.15) is 18.1 Å². The van der Waals surface area contributed by atoms with Gasteiger partial charge in [0.25, 0.3) is 0 Å². The van der Waals surface area contributed by atoms with E-state index in [1.54, 1.807) is 6.07 Å². The Labute approximate surface area is 251 Å². The summed E-state index contributed by atoms with van der Waals surface area (Å²) in [5.41, 5.74) is 0.962. The molecule has 0 aliphatic carbocycles. The van der Waals surface area contributed by atoms with Gasteiger partial charge in [-0.05, 0) is 54.8 Å². The number of benzene rings is 2. The van der Waals surface area contributed by atoms with Crippen molar-refractivity contribution < 1.29 is 74.4 Å². The predicted molar refractivity (Wildman–Crippen MR) is 147 cm³/mol. The Morgan fingerprint density at radius 2 is 1.48 bits per heavy atom. The summed E-state index contributed by atoms with van der Waals surface area (Å²) in [5, 5.41) is 90.8. The van der Waals surface area contributed by atoms with Gasteiger partial charge in [0.2, 0.25) is 0 Å². The third kappa shape index (κ3) is 7.95. The summed E-state index contributed by atoms with van der Waals surface area (Å²) in [5.74, 6) is -2.23. The van der Waals surface area contributed by atoms with Crippen LogP contribution in [0.15, 0.2) is 42.5 Å². The first-order chi connectivity index (χ1) is 20.8. The molecule has 0 radical (unpaired) electrons. The molecule has 2 aliphatic rings. The van der Waals surface area contributed by atoms with E-state index in [0.717, 1.165) is 6.08 Å². The molecule has 9 N–H and O–H groups in total. The van der Waals surface area contributed by atoms with E-state index in [0.29, 0.717) is 11.1 Å². The van der Waals surface area contributed by atoms with Crippen molar-refractivity contribution >= 4 is 12.0 Å². The molecule has 44 heavy (non-hydrogen) atoms. The second-order valence-electron chi connectivity index (χ2n) is 10.5. The molecular weight excluding hydrogens is 588 g/mol. The lowest BCUT2D eigenvalue weighted by molar-refractivity contribution is -0.357. The van der Waals surface area contributed by atoms with Crippen molar-refractivity contribution in [3.05, 3.63) is 53.6 Å². The standard InChI is InChI=1S/C29H36O15/c1-13-22(35)24(37)25(38)29(42-13)44-27-23(36)20(12-41-21(34)7-4-14-2-5-16(30)18(32)10-14)43-28(26(27)39)40-9-8-15-3-6-17(31)19(33)11-15/h2-7,10-11,13,20,22-33,35-39H,8-9,12H2,1H3/b7-4+/t13-,20+,22-,23+,24+,25+,26+,27-,28+,29-/m1/s1. The second kappa shape index (κ2) is 14.5. The molecule has 15 nitrogen and oxygen atoms in total. The van der Waals surface area contributed by atoms with Crippen LogP contribution in [0, 0.1) is 0 Å². The largest absolute Gasteiger partial charge is 0.504 e. The summed E-state index contributed by atoms with van der Waals surface area (Å²) in [4.78, 5) is 12.4. The van der Waals surface area contributed by atoms with Crippen LogP contribution in [0.4, 0.5) is 0 Å². The minimum atomic E-state index is -1.74. The van der Waals surface area contributed by atoms with Gasteiger partial charge in [-0.2, -0.15) is 0 Å². The van der Waals surface area contributed by atoms with Crippen LogP contribution in [0.2, 0.25) is 0 Å². The molecule has 0 aromatic heterocycles. The smallest absolute Gasteiger partial charge is 0.330 e. The SMILES string of the molecule is C[C@H]1O[C@H](O[C@H]2[C@H](O)[C@@H](OCCc3ccc(O)c(O)c3)O[C@@H](COC(=O)/C=C/c3ccc(O)c(O)c3)[C@@H]2O)[C@@H](O)[C@@H](O)[C@@H]1O. The maximum Gasteiger partial charge on any atom is 0.330 e. The topological polar surface area (TPSA) is 245 Å². The van der Waals surface area contributed by atoms with Crippen molar-refractivity contribution in [2.75, 3.05) is 13.2 Å². The third-order valence-electron chi connectivity index (χ3n) is 7.26. The molecule has 0 spiro atoms. The number of hydrogen-bond acceptors (Lipinski definition) is 15. The lowest BCUT2D eigenvalue weighted by atomic mass is 9.97. The fraction of sp³-hybridized carbons (Fsp3) is 0.483. The number of phenolic OH excluding ortho intramolecular Hbond substituents is 4. The molecular formula is C29H36O15. The van der Waals surface area contributed by atoms with Crippen LogP contribution in [0.5, 0.6) is 23.0 Å². The number of aromatic hydroxyl groups is 4. The number of aliphatic hydroxyl groups excluding tert-OH is 5. The van der Waals surface area contributed by atoms with E-state index in [1.807, 2.05) is 0 Å². The molecule has 2 aliphatic heterocycles. The number of hydrogen-bond donors (Lipinski definition) is 9. The Morgan fingerprint density at radius 1 is 0.795 bits per heavy atom. The van der Waals surface area contributed by atoms with Crippen LogP contribution in [0.3, 0.4) is 0 Å². The number of carbonyl (C=O) groups excluding carboxylic acids is 1. The van der Waals surface area contributed by atoms with E-state index in [2.05, 4.69) is 0 Å². The lowest BCUT2D eigenvalue weighted by Crippen LogP contribution is -2.64. The Hall–Kier alpha value is -3.51. The van der Waals surface area contributed by atoms with E-state index in [4.69, 9.17) is 23.7 Å². The number of rotatable bonds is 10. The van der Waals surface area contributed by atoms with E-state index in [1.165, 1.54) is 43.3 Å².